The summed E-state index contributed by atoms with van der Waals surface area (Å²) >= 11 is 0. The van der Waals surface area contributed by atoms with Crippen LogP contribution in [-0.4, -0.2) is 33.4 Å². The number of aromatic nitrogens is 2. The molecule has 0 aliphatic heterocycles. The number of aliphatic carboxylic acids is 1. The molecule has 2 N–H and O–H groups in total. The van der Waals surface area contributed by atoms with E-state index in [1.165, 1.54) is 24.3 Å². The van der Waals surface area contributed by atoms with E-state index >= 15 is 0 Å². The second-order valence-corrected chi connectivity index (χ2v) is 6.65. The third-order valence-corrected chi connectivity index (χ3v) is 3.39. The second kappa shape index (κ2) is 7.29. The van der Waals surface area contributed by atoms with Crippen molar-refractivity contribution >= 4 is 17.6 Å². The number of benzene rings is 1. The van der Waals surface area contributed by atoms with Gasteiger partial charge >= 0.3 is 12.1 Å². The van der Waals surface area contributed by atoms with Crippen LogP contribution in [0.4, 0.5) is 18.9 Å². The van der Waals surface area contributed by atoms with Crippen LogP contribution in [-0.2, 0) is 16.5 Å². The number of carbonyl (C=O) groups excluding carboxylic acids is 1. The number of alkyl halides is 3. The monoisotopic (exact) mass is 385 g/mol. The Kier molecular flexibility index (Phi) is 5.48. The van der Waals surface area contributed by atoms with E-state index in [1.807, 2.05) is 0 Å². The maximum absolute atomic E-state index is 13.5. The topological polar surface area (TPSA) is 93.5 Å². The Bertz CT molecular complexity index is 837. The van der Waals surface area contributed by atoms with Crippen molar-refractivity contribution in [3.63, 3.8) is 0 Å². The average molecular weight is 385 g/mol. The molecule has 0 bridgehead atoms. The summed E-state index contributed by atoms with van der Waals surface area (Å²) in [7, 11) is 0. The Morgan fingerprint density at radius 1 is 1.19 bits per heavy atom. The highest BCUT2D eigenvalue weighted by molar-refractivity contribution is 6.05. The van der Waals surface area contributed by atoms with Gasteiger partial charge in [-0.15, -0.1) is 0 Å². The van der Waals surface area contributed by atoms with E-state index in [0.29, 0.717) is 0 Å². The third-order valence-electron chi connectivity index (χ3n) is 3.39. The van der Waals surface area contributed by atoms with Crippen molar-refractivity contribution in [2.75, 3.05) is 11.9 Å². The van der Waals surface area contributed by atoms with Crippen molar-refractivity contribution in [2.24, 2.45) is 0 Å². The number of hydrogen-bond donors (Lipinski definition) is 2. The summed E-state index contributed by atoms with van der Waals surface area (Å²) < 4.78 is 46.1. The molecule has 0 saturated carbocycles. The summed E-state index contributed by atoms with van der Waals surface area (Å²) in [4.78, 5) is 22.8. The first-order valence-corrected chi connectivity index (χ1v) is 7.81. The van der Waals surface area contributed by atoms with E-state index in [1.54, 1.807) is 20.8 Å². The van der Waals surface area contributed by atoms with E-state index in [4.69, 9.17) is 9.84 Å². The number of nitrogens with one attached hydrogen (secondary N) is 1. The van der Waals surface area contributed by atoms with Gasteiger partial charge < -0.3 is 15.2 Å². The number of nitrogens with zero attached hydrogens (tertiary/aromatic N) is 2. The SMILES string of the molecule is CC(C)(C)n1ncc(C(=O)Nc2ccc(OCC(=O)O)cc2)c1C(F)(F)F. The largest absolute Gasteiger partial charge is 0.482 e. The molecule has 0 aliphatic rings. The quantitative estimate of drug-likeness (QED) is 0.823. The van der Waals surface area contributed by atoms with Crippen molar-refractivity contribution in [3.8, 4) is 5.75 Å². The lowest BCUT2D eigenvalue weighted by Crippen LogP contribution is -2.30. The van der Waals surface area contributed by atoms with Crippen LogP contribution in [0.15, 0.2) is 30.5 Å². The normalized spacial score (nSPS) is 11.9. The van der Waals surface area contributed by atoms with E-state index in [9.17, 15) is 22.8 Å². The van der Waals surface area contributed by atoms with E-state index < -0.39 is 41.5 Å². The number of carboxylic acids is 1. The number of anilines is 1. The van der Waals surface area contributed by atoms with Gasteiger partial charge in [0.05, 0.1) is 17.3 Å². The first-order chi connectivity index (χ1) is 12.4. The van der Waals surface area contributed by atoms with Crippen molar-refractivity contribution < 1.29 is 32.6 Å². The molecule has 2 aromatic rings. The van der Waals surface area contributed by atoms with Gasteiger partial charge in [-0.25, -0.2) is 4.79 Å². The third kappa shape index (κ3) is 4.99. The number of rotatable bonds is 5. The Morgan fingerprint density at radius 2 is 1.78 bits per heavy atom. The molecule has 0 saturated heterocycles. The van der Waals surface area contributed by atoms with Gasteiger partial charge in [0.15, 0.2) is 12.3 Å². The molecule has 1 heterocycles. The van der Waals surface area contributed by atoms with Gasteiger partial charge in [0.1, 0.15) is 5.75 Å². The fourth-order valence-corrected chi connectivity index (χ4v) is 2.27. The Hall–Kier alpha value is -3.04. The van der Waals surface area contributed by atoms with Gasteiger partial charge in [-0.05, 0) is 45.0 Å². The molecule has 1 aromatic carbocycles. The van der Waals surface area contributed by atoms with Crippen LogP contribution in [0.3, 0.4) is 0 Å². The highest BCUT2D eigenvalue weighted by atomic mass is 19.4. The molecule has 0 atom stereocenters. The van der Waals surface area contributed by atoms with Crippen LogP contribution in [0.25, 0.3) is 0 Å². The van der Waals surface area contributed by atoms with Crippen LogP contribution < -0.4 is 10.1 Å². The van der Waals surface area contributed by atoms with Crippen molar-refractivity contribution in [2.45, 2.75) is 32.5 Å². The molecular weight excluding hydrogens is 367 g/mol. The maximum Gasteiger partial charge on any atom is 0.433 e. The maximum atomic E-state index is 13.5. The molecule has 2 rings (SSSR count). The molecule has 0 unspecified atom stereocenters. The molecular formula is C17H18F3N3O4. The smallest absolute Gasteiger partial charge is 0.433 e. The average Bonchev–Trinajstić information content (AvgIpc) is 3.00. The predicted molar refractivity (Wildman–Crippen MR) is 89.8 cm³/mol. The molecule has 0 radical (unpaired) electrons. The summed E-state index contributed by atoms with van der Waals surface area (Å²) in [5.74, 6) is -1.87. The fourth-order valence-electron chi connectivity index (χ4n) is 2.27. The lowest BCUT2D eigenvalue weighted by atomic mass is 10.1. The minimum Gasteiger partial charge on any atom is -0.482 e. The molecule has 1 amide bonds. The summed E-state index contributed by atoms with van der Waals surface area (Å²) in [5.41, 5.74) is -2.47. The van der Waals surface area contributed by atoms with E-state index in [2.05, 4.69) is 10.4 Å². The summed E-state index contributed by atoms with van der Waals surface area (Å²) in [6, 6.07) is 5.55. The zero-order valence-corrected chi connectivity index (χ0v) is 14.8. The highest BCUT2D eigenvalue weighted by Gasteiger charge is 2.42. The Morgan fingerprint density at radius 3 is 2.26 bits per heavy atom. The summed E-state index contributed by atoms with van der Waals surface area (Å²) in [6.45, 7) is 4.11. The molecule has 27 heavy (non-hydrogen) atoms. The van der Waals surface area contributed by atoms with Gasteiger partial charge in [0.2, 0.25) is 0 Å². The summed E-state index contributed by atoms with van der Waals surface area (Å²) in [6.07, 6.45) is -3.88. The van der Waals surface area contributed by atoms with Gasteiger partial charge in [-0.3, -0.25) is 9.48 Å². The van der Waals surface area contributed by atoms with Crippen LogP contribution in [0, 0.1) is 0 Å². The van der Waals surface area contributed by atoms with Gasteiger partial charge in [-0.1, -0.05) is 0 Å². The minimum absolute atomic E-state index is 0.222. The standard InChI is InChI=1S/C17H18F3N3O4/c1-16(2,3)23-14(17(18,19)20)12(8-21-23)15(26)22-10-4-6-11(7-5-10)27-9-13(24)25/h4-8H,9H2,1-3H3,(H,22,26)(H,24,25). The van der Waals surface area contributed by atoms with Crippen LogP contribution in [0.5, 0.6) is 5.75 Å². The molecule has 1 aromatic heterocycles. The zero-order chi connectivity index (χ0) is 20.4. The number of hydrogen-bond acceptors (Lipinski definition) is 4. The first kappa shape index (κ1) is 20.3. The first-order valence-electron chi connectivity index (χ1n) is 7.81. The lowest BCUT2D eigenvalue weighted by Gasteiger charge is -2.23. The van der Waals surface area contributed by atoms with E-state index in [0.717, 1.165) is 10.9 Å². The fraction of sp³-hybridized carbons (Fsp3) is 0.353. The molecule has 146 valence electrons. The molecule has 0 fully saturated rings. The van der Waals surface area contributed by atoms with Crippen molar-refractivity contribution in [3.05, 3.63) is 41.7 Å². The van der Waals surface area contributed by atoms with Crippen molar-refractivity contribution in [1.82, 2.24) is 9.78 Å². The number of amides is 1. The highest BCUT2D eigenvalue weighted by Crippen LogP contribution is 2.35. The van der Waals surface area contributed by atoms with Crippen LogP contribution in [0.1, 0.15) is 36.8 Å². The molecule has 0 spiro atoms. The predicted octanol–water partition coefficient (Wildman–Crippen LogP) is 3.37. The minimum atomic E-state index is -4.76. The van der Waals surface area contributed by atoms with E-state index in [-0.39, 0.29) is 11.4 Å². The zero-order valence-electron chi connectivity index (χ0n) is 14.8. The van der Waals surface area contributed by atoms with Crippen LogP contribution in [0.2, 0.25) is 0 Å². The molecule has 0 aliphatic carbocycles. The van der Waals surface area contributed by atoms with Gasteiger partial charge in [0, 0.05) is 5.69 Å². The Balaban J connectivity index is 2.24. The Labute approximate surface area is 152 Å². The second-order valence-electron chi connectivity index (χ2n) is 6.65. The van der Waals surface area contributed by atoms with Gasteiger partial charge in [-0.2, -0.15) is 18.3 Å². The number of ether oxygens (including phenoxy) is 1. The molecule has 7 nitrogen and oxygen atoms in total. The number of carboxylic acid groups (broad SMARTS) is 1. The summed E-state index contributed by atoms with van der Waals surface area (Å²) in [5, 5.41) is 14.6. The molecule has 10 heteroatoms. The van der Waals surface area contributed by atoms with Gasteiger partial charge in [0.25, 0.3) is 5.91 Å². The van der Waals surface area contributed by atoms with Crippen molar-refractivity contribution in [1.29, 1.82) is 0 Å². The number of carbonyl (C=O) groups is 2. The number of halogens is 3. The lowest BCUT2D eigenvalue weighted by molar-refractivity contribution is -0.146. The van der Waals surface area contributed by atoms with Crippen LogP contribution >= 0.6 is 0 Å².